The summed E-state index contributed by atoms with van der Waals surface area (Å²) in [7, 11) is 1.60. The van der Waals surface area contributed by atoms with Crippen LogP contribution in [0, 0.1) is 0 Å². The van der Waals surface area contributed by atoms with E-state index in [-0.39, 0.29) is 23.8 Å². The van der Waals surface area contributed by atoms with E-state index in [0.29, 0.717) is 18.7 Å². The second-order valence-electron chi connectivity index (χ2n) is 4.45. The Hall–Kier alpha value is -1.73. The molecule has 0 aromatic heterocycles. The maximum atomic E-state index is 12.1. The average Bonchev–Trinajstić information content (AvgIpc) is 2.87. The van der Waals surface area contributed by atoms with Crippen molar-refractivity contribution >= 4 is 11.6 Å². The van der Waals surface area contributed by atoms with Gasteiger partial charge < -0.3 is 20.1 Å². The maximum absolute atomic E-state index is 12.1. The number of amides is 1. The van der Waals surface area contributed by atoms with E-state index in [1.807, 2.05) is 0 Å². The SMILES string of the molecule is COC1CNC(C(=O)Nc2cccc(OC(F)F)c2)C1. The Morgan fingerprint density at radius 2 is 2.30 bits per heavy atom. The largest absolute Gasteiger partial charge is 0.435 e. The van der Waals surface area contributed by atoms with Gasteiger partial charge in [0.15, 0.2) is 0 Å². The number of carbonyl (C=O) groups is 1. The van der Waals surface area contributed by atoms with Gasteiger partial charge in [0.25, 0.3) is 0 Å². The van der Waals surface area contributed by atoms with Gasteiger partial charge >= 0.3 is 6.61 Å². The molecule has 5 nitrogen and oxygen atoms in total. The van der Waals surface area contributed by atoms with Gasteiger partial charge in [0.2, 0.25) is 5.91 Å². The molecule has 0 saturated carbocycles. The van der Waals surface area contributed by atoms with Gasteiger partial charge in [-0.25, -0.2) is 0 Å². The number of carbonyl (C=O) groups excluding carboxylic acids is 1. The third-order valence-electron chi connectivity index (χ3n) is 3.07. The summed E-state index contributed by atoms with van der Waals surface area (Å²) >= 11 is 0. The van der Waals surface area contributed by atoms with E-state index in [4.69, 9.17) is 4.74 Å². The predicted octanol–water partition coefficient (Wildman–Crippen LogP) is 1.60. The van der Waals surface area contributed by atoms with E-state index >= 15 is 0 Å². The minimum Gasteiger partial charge on any atom is -0.435 e. The van der Waals surface area contributed by atoms with Gasteiger partial charge in [-0.1, -0.05) is 6.07 Å². The van der Waals surface area contributed by atoms with Crippen LogP contribution in [0.25, 0.3) is 0 Å². The molecule has 0 bridgehead atoms. The lowest BCUT2D eigenvalue weighted by atomic mass is 10.2. The molecule has 20 heavy (non-hydrogen) atoms. The number of anilines is 1. The smallest absolute Gasteiger partial charge is 0.387 e. The fraction of sp³-hybridized carbons (Fsp3) is 0.462. The Morgan fingerprint density at radius 3 is 2.95 bits per heavy atom. The number of rotatable bonds is 5. The molecule has 1 fully saturated rings. The Morgan fingerprint density at radius 1 is 1.50 bits per heavy atom. The first kappa shape index (κ1) is 14.7. The fourth-order valence-electron chi connectivity index (χ4n) is 2.06. The summed E-state index contributed by atoms with van der Waals surface area (Å²) in [6.07, 6.45) is 0.592. The first-order valence-electron chi connectivity index (χ1n) is 6.20. The number of halogens is 2. The molecule has 110 valence electrons. The van der Waals surface area contributed by atoms with Crippen LogP contribution in [0.5, 0.6) is 5.75 Å². The molecule has 1 aliphatic heterocycles. The van der Waals surface area contributed by atoms with Crippen molar-refractivity contribution in [1.29, 1.82) is 0 Å². The number of nitrogens with one attached hydrogen (secondary N) is 2. The van der Waals surface area contributed by atoms with Gasteiger partial charge in [-0.15, -0.1) is 0 Å². The lowest BCUT2D eigenvalue weighted by molar-refractivity contribution is -0.118. The van der Waals surface area contributed by atoms with Crippen LogP contribution in [0.1, 0.15) is 6.42 Å². The van der Waals surface area contributed by atoms with E-state index in [2.05, 4.69) is 15.4 Å². The summed E-state index contributed by atoms with van der Waals surface area (Å²) in [5, 5.41) is 5.70. The molecule has 7 heteroatoms. The van der Waals surface area contributed by atoms with E-state index in [0.717, 1.165) is 0 Å². The number of benzene rings is 1. The van der Waals surface area contributed by atoms with Gasteiger partial charge in [-0.3, -0.25) is 4.79 Å². The summed E-state index contributed by atoms with van der Waals surface area (Å²) < 4.78 is 33.7. The minimum atomic E-state index is -2.89. The average molecular weight is 286 g/mol. The van der Waals surface area contributed by atoms with Crippen LogP contribution in [0.2, 0.25) is 0 Å². The molecule has 0 spiro atoms. The zero-order chi connectivity index (χ0) is 14.5. The lowest BCUT2D eigenvalue weighted by Gasteiger charge is -2.12. The number of ether oxygens (including phenoxy) is 2. The zero-order valence-corrected chi connectivity index (χ0v) is 10.9. The molecule has 1 aromatic carbocycles. The van der Waals surface area contributed by atoms with Crippen LogP contribution < -0.4 is 15.4 Å². The molecular weight excluding hydrogens is 270 g/mol. The van der Waals surface area contributed by atoms with Crippen LogP contribution in [0.15, 0.2) is 24.3 Å². The molecule has 1 heterocycles. The van der Waals surface area contributed by atoms with Crippen molar-refractivity contribution in [3.63, 3.8) is 0 Å². The van der Waals surface area contributed by atoms with E-state index < -0.39 is 6.61 Å². The van der Waals surface area contributed by atoms with Crippen molar-refractivity contribution in [2.24, 2.45) is 0 Å². The molecule has 1 aliphatic rings. The Balaban J connectivity index is 1.94. The normalized spacial score (nSPS) is 22.0. The second-order valence-corrected chi connectivity index (χ2v) is 4.45. The van der Waals surface area contributed by atoms with E-state index in [9.17, 15) is 13.6 Å². The maximum Gasteiger partial charge on any atom is 0.387 e. The molecule has 2 unspecified atom stereocenters. The Bertz CT molecular complexity index is 471. The highest BCUT2D eigenvalue weighted by atomic mass is 19.3. The summed E-state index contributed by atoms with van der Waals surface area (Å²) in [5.41, 5.74) is 0.413. The van der Waals surface area contributed by atoms with Crippen molar-refractivity contribution < 1.29 is 23.0 Å². The fourth-order valence-corrected chi connectivity index (χ4v) is 2.06. The van der Waals surface area contributed by atoms with Gasteiger partial charge in [-0.05, 0) is 18.6 Å². The van der Waals surface area contributed by atoms with Crippen LogP contribution in [0.4, 0.5) is 14.5 Å². The number of methoxy groups -OCH3 is 1. The molecule has 0 radical (unpaired) electrons. The topological polar surface area (TPSA) is 59.6 Å². The van der Waals surface area contributed by atoms with Crippen LogP contribution >= 0.6 is 0 Å². The van der Waals surface area contributed by atoms with E-state index in [1.165, 1.54) is 18.2 Å². The van der Waals surface area contributed by atoms with Crippen molar-refractivity contribution in [2.45, 2.75) is 25.2 Å². The summed E-state index contributed by atoms with van der Waals surface area (Å²) in [5.74, 6) is -0.217. The standard InChI is InChI=1S/C13H16F2N2O3/c1-19-10-6-11(16-7-10)12(18)17-8-3-2-4-9(5-8)20-13(14)15/h2-5,10-11,13,16H,6-7H2,1H3,(H,17,18). The highest BCUT2D eigenvalue weighted by Crippen LogP contribution is 2.20. The second kappa shape index (κ2) is 6.62. The van der Waals surface area contributed by atoms with Gasteiger partial charge in [0.05, 0.1) is 12.1 Å². The predicted molar refractivity (Wildman–Crippen MR) is 68.9 cm³/mol. The molecule has 2 rings (SSSR count). The van der Waals surface area contributed by atoms with Gasteiger partial charge in [0, 0.05) is 25.4 Å². The van der Waals surface area contributed by atoms with Crippen LogP contribution in [-0.4, -0.2) is 38.3 Å². The van der Waals surface area contributed by atoms with Crippen molar-refractivity contribution in [3.8, 4) is 5.75 Å². The highest BCUT2D eigenvalue weighted by molar-refractivity contribution is 5.95. The zero-order valence-electron chi connectivity index (χ0n) is 10.9. The van der Waals surface area contributed by atoms with Crippen LogP contribution in [-0.2, 0) is 9.53 Å². The first-order chi connectivity index (χ1) is 9.58. The number of alkyl halides is 2. The minimum absolute atomic E-state index is 0.00643. The lowest BCUT2D eigenvalue weighted by Crippen LogP contribution is -2.35. The Kier molecular flexibility index (Phi) is 4.86. The first-order valence-corrected chi connectivity index (χ1v) is 6.20. The number of hydrogen-bond donors (Lipinski definition) is 2. The molecule has 0 aliphatic carbocycles. The summed E-state index contributed by atoms with van der Waals surface area (Å²) in [6, 6.07) is 5.55. The molecule has 1 amide bonds. The molecule has 1 aromatic rings. The van der Waals surface area contributed by atoms with Crippen molar-refractivity contribution in [2.75, 3.05) is 19.0 Å². The summed E-state index contributed by atoms with van der Waals surface area (Å²) in [6.45, 7) is -2.27. The van der Waals surface area contributed by atoms with Crippen molar-refractivity contribution in [3.05, 3.63) is 24.3 Å². The summed E-state index contributed by atoms with van der Waals surface area (Å²) in [4.78, 5) is 12.0. The third-order valence-corrected chi connectivity index (χ3v) is 3.07. The molecule has 2 atom stereocenters. The van der Waals surface area contributed by atoms with Crippen molar-refractivity contribution in [1.82, 2.24) is 5.32 Å². The monoisotopic (exact) mass is 286 g/mol. The quantitative estimate of drug-likeness (QED) is 0.863. The highest BCUT2D eigenvalue weighted by Gasteiger charge is 2.29. The molecule has 1 saturated heterocycles. The van der Waals surface area contributed by atoms with Gasteiger partial charge in [0.1, 0.15) is 5.75 Å². The molecular formula is C13H16F2N2O3. The third kappa shape index (κ3) is 3.88. The van der Waals surface area contributed by atoms with Crippen LogP contribution in [0.3, 0.4) is 0 Å². The van der Waals surface area contributed by atoms with E-state index in [1.54, 1.807) is 13.2 Å². The van der Waals surface area contributed by atoms with Gasteiger partial charge in [-0.2, -0.15) is 8.78 Å². The Labute approximate surface area is 115 Å². The molecule has 2 N–H and O–H groups in total. The number of hydrogen-bond acceptors (Lipinski definition) is 4.